The van der Waals surface area contributed by atoms with E-state index in [2.05, 4.69) is 0 Å². The van der Waals surface area contributed by atoms with Gasteiger partial charge in [-0.2, -0.15) is 0 Å². The molecule has 2 aliphatic rings. The van der Waals surface area contributed by atoms with E-state index in [4.69, 9.17) is 5.73 Å². The quantitative estimate of drug-likeness (QED) is 0.787. The number of carbonyl (C=O) groups is 1. The molecule has 3 nitrogen and oxygen atoms in total. The second-order valence-corrected chi connectivity index (χ2v) is 5.93. The summed E-state index contributed by atoms with van der Waals surface area (Å²) in [6.45, 7) is 1.83. The smallest absolute Gasteiger partial charge is 0.255 e. The minimum atomic E-state index is 0.113. The van der Waals surface area contributed by atoms with E-state index in [0.29, 0.717) is 11.3 Å². The molecule has 0 aromatic heterocycles. The van der Waals surface area contributed by atoms with Gasteiger partial charge in [0.15, 0.2) is 0 Å². The van der Waals surface area contributed by atoms with Gasteiger partial charge < -0.3 is 10.6 Å². The number of benzene rings is 1. The fourth-order valence-corrected chi connectivity index (χ4v) is 3.65. The van der Waals surface area contributed by atoms with E-state index in [1.807, 2.05) is 23.1 Å². The number of nitrogens with zero attached hydrogens (tertiary/aromatic N) is 1. The minimum absolute atomic E-state index is 0.113. The Morgan fingerprint density at radius 2 is 1.84 bits per heavy atom. The van der Waals surface area contributed by atoms with Crippen molar-refractivity contribution in [2.75, 3.05) is 18.8 Å². The maximum absolute atomic E-state index is 12.5. The van der Waals surface area contributed by atoms with Crippen LogP contribution in [-0.4, -0.2) is 23.9 Å². The third-order valence-corrected chi connectivity index (χ3v) is 4.77. The van der Waals surface area contributed by atoms with Crippen molar-refractivity contribution in [2.45, 2.75) is 32.1 Å². The SMILES string of the molecule is Nc1ccccc1C(=O)N1CC[C@@H]2CCCC[C@@H]2C1. The van der Waals surface area contributed by atoms with Crippen LogP contribution in [0.1, 0.15) is 42.5 Å². The average molecular weight is 258 g/mol. The molecule has 2 atom stereocenters. The lowest BCUT2D eigenvalue weighted by molar-refractivity contribution is 0.0522. The van der Waals surface area contributed by atoms with Crippen LogP contribution in [0.15, 0.2) is 24.3 Å². The minimum Gasteiger partial charge on any atom is -0.398 e. The molecule has 1 amide bonds. The first-order chi connectivity index (χ1) is 9.25. The topological polar surface area (TPSA) is 46.3 Å². The van der Waals surface area contributed by atoms with Crippen LogP contribution in [0.2, 0.25) is 0 Å². The number of rotatable bonds is 1. The molecule has 1 heterocycles. The molecule has 1 aliphatic carbocycles. The Morgan fingerprint density at radius 3 is 2.63 bits per heavy atom. The molecular formula is C16H22N2O. The second-order valence-electron chi connectivity index (χ2n) is 5.93. The van der Waals surface area contributed by atoms with Gasteiger partial charge in [-0.15, -0.1) is 0 Å². The predicted octanol–water partition coefficient (Wildman–Crippen LogP) is 2.92. The number of hydrogen-bond donors (Lipinski definition) is 1. The first-order valence-electron chi connectivity index (χ1n) is 7.39. The lowest BCUT2D eigenvalue weighted by atomic mass is 9.75. The van der Waals surface area contributed by atoms with E-state index in [1.165, 1.54) is 32.1 Å². The molecule has 1 aliphatic heterocycles. The van der Waals surface area contributed by atoms with Crippen molar-refractivity contribution in [3.63, 3.8) is 0 Å². The Bertz CT molecular complexity index is 472. The fourth-order valence-electron chi connectivity index (χ4n) is 3.65. The maximum Gasteiger partial charge on any atom is 0.255 e. The molecule has 0 spiro atoms. The van der Waals surface area contributed by atoms with Crippen LogP contribution in [0.3, 0.4) is 0 Å². The molecule has 0 radical (unpaired) electrons. The first-order valence-corrected chi connectivity index (χ1v) is 7.39. The number of para-hydroxylation sites is 1. The number of anilines is 1. The zero-order valence-electron chi connectivity index (χ0n) is 11.3. The van der Waals surface area contributed by atoms with Crippen LogP contribution in [0.5, 0.6) is 0 Å². The zero-order valence-corrected chi connectivity index (χ0v) is 11.3. The highest BCUT2D eigenvalue weighted by Gasteiger charge is 2.33. The highest BCUT2D eigenvalue weighted by molar-refractivity contribution is 5.99. The molecule has 2 fully saturated rings. The van der Waals surface area contributed by atoms with Gasteiger partial charge in [0, 0.05) is 18.8 Å². The summed E-state index contributed by atoms with van der Waals surface area (Å²) in [6, 6.07) is 7.40. The summed E-state index contributed by atoms with van der Waals surface area (Å²) < 4.78 is 0. The summed E-state index contributed by atoms with van der Waals surface area (Å²) in [6.07, 6.45) is 6.53. The number of likely N-dealkylation sites (tertiary alicyclic amines) is 1. The van der Waals surface area contributed by atoms with E-state index in [-0.39, 0.29) is 5.91 Å². The van der Waals surface area contributed by atoms with E-state index in [0.717, 1.165) is 24.9 Å². The number of hydrogen-bond acceptors (Lipinski definition) is 2. The highest BCUT2D eigenvalue weighted by Crippen LogP contribution is 2.36. The van der Waals surface area contributed by atoms with Gasteiger partial charge in [0.25, 0.3) is 5.91 Å². The fraction of sp³-hybridized carbons (Fsp3) is 0.562. The molecule has 2 N–H and O–H groups in total. The van der Waals surface area contributed by atoms with Crippen LogP contribution < -0.4 is 5.73 Å². The van der Waals surface area contributed by atoms with Gasteiger partial charge in [0.05, 0.1) is 5.56 Å². The molecule has 3 rings (SSSR count). The van der Waals surface area contributed by atoms with Crippen molar-refractivity contribution in [3.05, 3.63) is 29.8 Å². The summed E-state index contributed by atoms with van der Waals surface area (Å²) in [5, 5.41) is 0. The highest BCUT2D eigenvalue weighted by atomic mass is 16.2. The molecular weight excluding hydrogens is 236 g/mol. The number of amides is 1. The second kappa shape index (κ2) is 5.24. The Balaban J connectivity index is 1.73. The molecule has 1 saturated carbocycles. The Morgan fingerprint density at radius 1 is 1.11 bits per heavy atom. The van der Waals surface area contributed by atoms with E-state index in [9.17, 15) is 4.79 Å². The number of fused-ring (bicyclic) bond motifs is 1. The monoisotopic (exact) mass is 258 g/mol. The summed E-state index contributed by atoms with van der Waals surface area (Å²) in [5.41, 5.74) is 7.17. The third-order valence-electron chi connectivity index (χ3n) is 4.77. The lowest BCUT2D eigenvalue weighted by Crippen LogP contribution is -2.44. The summed E-state index contributed by atoms with van der Waals surface area (Å²) in [5.74, 6) is 1.68. The van der Waals surface area contributed by atoms with Gasteiger partial charge in [-0.1, -0.05) is 31.4 Å². The van der Waals surface area contributed by atoms with Gasteiger partial charge in [-0.05, 0) is 36.8 Å². The lowest BCUT2D eigenvalue weighted by Gasteiger charge is -2.41. The summed E-state index contributed by atoms with van der Waals surface area (Å²) in [4.78, 5) is 14.6. The number of nitrogen functional groups attached to an aromatic ring is 1. The molecule has 1 saturated heterocycles. The molecule has 0 bridgehead atoms. The van der Waals surface area contributed by atoms with E-state index < -0.39 is 0 Å². The van der Waals surface area contributed by atoms with E-state index in [1.54, 1.807) is 6.07 Å². The molecule has 0 unspecified atom stereocenters. The normalized spacial score (nSPS) is 26.8. The van der Waals surface area contributed by atoms with Gasteiger partial charge in [0.2, 0.25) is 0 Å². The zero-order chi connectivity index (χ0) is 13.2. The van der Waals surface area contributed by atoms with Crippen LogP contribution >= 0.6 is 0 Å². The van der Waals surface area contributed by atoms with Crippen molar-refractivity contribution in [1.29, 1.82) is 0 Å². The van der Waals surface area contributed by atoms with Crippen molar-refractivity contribution in [1.82, 2.24) is 4.90 Å². The molecule has 19 heavy (non-hydrogen) atoms. The number of carbonyl (C=O) groups excluding carboxylic acids is 1. The number of piperidine rings is 1. The summed E-state index contributed by atoms with van der Waals surface area (Å²) in [7, 11) is 0. The standard InChI is InChI=1S/C16H22N2O/c17-15-8-4-3-7-14(15)16(19)18-10-9-12-5-1-2-6-13(12)11-18/h3-4,7-8,12-13H,1-2,5-6,9-11,17H2/t12-,13+/m0/s1. The van der Waals surface area contributed by atoms with Crippen molar-refractivity contribution < 1.29 is 4.79 Å². The van der Waals surface area contributed by atoms with Gasteiger partial charge >= 0.3 is 0 Å². The van der Waals surface area contributed by atoms with Crippen molar-refractivity contribution in [2.24, 2.45) is 11.8 Å². The first kappa shape index (κ1) is 12.5. The molecule has 1 aromatic carbocycles. The van der Waals surface area contributed by atoms with Gasteiger partial charge in [-0.3, -0.25) is 4.79 Å². The predicted molar refractivity (Wildman–Crippen MR) is 76.8 cm³/mol. The van der Waals surface area contributed by atoms with Crippen LogP contribution in [-0.2, 0) is 0 Å². The van der Waals surface area contributed by atoms with Crippen LogP contribution in [0.4, 0.5) is 5.69 Å². The van der Waals surface area contributed by atoms with Crippen LogP contribution in [0.25, 0.3) is 0 Å². The maximum atomic E-state index is 12.5. The average Bonchev–Trinajstić information content (AvgIpc) is 2.46. The summed E-state index contributed by atoms with van der Waals surface area (Å²) >= 11 is 0. The Labute approximate surface area is 114 Å². The van der Waals surface area contributed by atoms with Crippen molar-refractivity contribution >= 4 is 11.6 Å². The Hall–Kier alpha value is -1.51. The van der Waals surface area contributed by atoms with Gasteiger partial charge in [0.1, 0.15) is 0 Å². The molecule has 1 aromatic rings. The van der Waals surface area contributed by atoms with E-state index >= 15 is 0 Å². The number of nitrogens with two attached hydrogens (primary N) is 1. The van der Waals surface area contributed by atoms with Gasteiger partial charge in [-0.25, -0.2) is 0 Å². The Kier molecular flexibility index (Phi) is 3.45. The van der Waals surface area contributed by atoms with Crippen LogP contribution in [0, 0.1) is 11.8 Å². The van der Waals surface area contributed by atoms with Crippen molar-refractivity contribution in [3.8, 4) is 0 Å². The molecule has 3 heteroatoms. The largest absolute Gasteiger partial charge is 0.398 e. The third kappa shape index (κ3) is 2.46. The molecule has 102 valence electrons.